The predicted octanol–water partition coefficient (Wildman–Crippen LogP) is -2.31. The molecule has 1 atom stereocenters. The number of hydrogen-bond acceptors (Lipinski definition) is 13. The van der Waals surface area contributed by atoms with Crippen LogP contribution in [0.15, 0.2) is 30.3 Å². The molecule has 1 unspecified atom stereocenters. The number of nitrogens with zero attached hydrogens (tertiary/aromatic N) is 1. The first-order chi connectivity index (χ1) is 19.9. The molecule has 1 aromatic rings. The molecule has 0 amide bonds. The minimum absolute atomic E-state index is 0.0204. The maximum absolute atomic E-state index is 14.1. The molecule has 0 aliphatic rings. The molecule has 0 heterocycles. The molecule has 1 aromatic carbocycles. The first kappa shape index (κ1) is 40.7. The highest BCUT2D eigenvalue weighted by atomic mass is 32.2. The molecule has 0 fully saturated rings. The second-order valence-electron chi connectivity index (χ2n) is 9.10. The molecule has 0 radical (unpaired) electrons. The van der Waals surface area contributed by atoms with Crippen LogP contribution in [0.25, 0.3) is 0 Å². The maximum Gasteiger partial charge on any atom is 0.337 e. The average Bonchev–Trinajstić information content (AvgIpc) is 2.87. The number of unbranched alkanes of at least 4 members (excludes halogenated alkanes) is 1. The Morgan fingerprint density at radius 1 is 0.727 bits per heavy atom. The maximum atomic E-state index is 14.1. The lowest BCUT2D eigenvalue weighted by Gasteiger charge is -2.37. The summed E-state index contributed by atoms with van der Waals surface area (Å²) in [5.41, 5.74) is 0.373. The fourth-order valence-corrected chi connectivity index (χ4v) is 11.4. The van der Waals surface area contributed by atoms with E-state index in [-0.39, 0.29) is 17.3 Å². The van der Waals surface area contributed by atoms with Gasteiger partial charge in [-0.3, -0.25) is 4.18 Å². The first-order valence-corrected chi connectivity index (χ1v) is 22.4. The topological polar surface area (TPSA) is 277 Å². The van der Waals surface area contributed by atoms with Crippen LogP contribution in [0, 0.1) is 0 Å². The van der Waals surface area contributed by atoms with Gasteiger partial charge in [0.05, 0.1) is 36.8 Å². The molecule has 0 aliphatic carbocycles. The van der Waals surface area contributed by atoms with Crippen molar-refractivity contribution in [2.24, 2.45) is 0 Å². The number of benzene rings is 1. The molecule has 0 aromatic heterocycles. The van der Waals surface area contributed by atoms with Crippen molar-refractivity contribution in [1.82, 2.24) is 28.1 Å². The Morgan fingerprint density at radius 3 is 1.80 bits per heavy atom. The van der Waals surface area contributed by atoms with E-state index in [0.29, 0.717) is 18.2 Å². The summed E-state index contributed by atoms with van der Waals surface area (Å²) in [7, 11) is -30.1. The highest BCUT2D eigenvalue weighted by Gasteiger charge is 2.55. The Hall–Kier alpha value is -1.36. The third-order valence-electron chi connectivity index (χ3n) is 5.07. The molecule has 25 heteroatoms. The van der Waals surface area contributed by atoms with Gasteiger partial charge in [-0.15, -0.1) is 9.25 Å². The number of rotatable bonds is 22. The van der Waals surface area contributed by atoms with Crippen LogP contribution in [0.5, 0.6) is 0 Å². The van der Waals surface area contributed by atoms with Crippen molar-refractivity contribution in [2.75, 3.05) is 30.2 Å². The molecule has 1 rings (SSSR count). The molecule has 0 spiro atoms. The van der Waals surface area contributed by atoms with Crippen LogP contribution in [-0.2, 0) is 71.2 Å². The summed E-state index contributed by atoms with van der Waals surface area (Å²) < 4.78 is 165. The Kier molecular flexibility index (Phi) is 14.8. The van der Waals surface area contributed by atoms with Gasteiger partial charge >= 0.3 is 10.3 Å². The van der Waals surface area contributed by atoms with Crippen molar-refractivity contribution in [3.05, 3.63) is 35.9 Å². The van der Waals surface area contributed by atoms with E-state index in [9.17, 15) is 50.5 Å². The molecular weight excluding hydrogens is 713 g/mol. The van der Waals surface area contributed by atoms with Gasteiger partial charge in [0, 0.05) is 0 Å². The van der Waals surface area contributed by atoms with Gasteiger partial charge in [-0.25, -0.2) is 42.1 Å². The van der Waals surface area contributed by atoms with Crippen LogP contribution in [0.3, 0.4) is 0 Å². The number of hydrogen-bond donors (Lipinski definition) is 5. The highest BCUT2D eigenvalue weighted by Crippen LogP contribution is 2.19. The Bertz CT molecular complexity index is 1750. The van der Waals surface area contributed by atoms with Crippen molar-refractivity contribution in [3.63, 3.8) is 0 Å². The lowest BCUT2D eigenvalue weighted by Crippen LogP contribution is -2.77. The molecule has 0 saturated heterocycles. The van der Waals surface area contributed by atoms with Crippen molar-refractivity contribution in [2.45, 2.75) is 51.8 Å². The normalized spacial score (nSPS) is 15.3. The molecule has 0 aliphatic heterocycles. The summed E-state index contributed by atoms with van der Waals surface area (Å²) in [6.07, 6.45) is 0.492. The van der Waals surface area contributed by atoms with Crippen LogP contribution in [0.4, 0.5) is 0 Å². The van der Waals surface area contributed by atoms with Crippen molar-refractivity contribution in [1.29, 1.82) is 0 Å². The van der Waals surface area contributed by atoms with Gasteiger partial charge in [0.2, 0.25) is 40.1 Å². The van der Waals surface area contributed by atoms with E-state index < -0.39 is 96.1 Å². The molecule has 0 bridgehead atoms. The average molecular weight is 751 g/mol. The SMILES string of the molecule is CCCCS(=O)(=O)NN(CNS(=O)(=O)OCc1ccccc1)S(=O)(=O)C(NS(C)(=O)=O)(NS(=O)(=O)CC)NS(=O)(=O)CCC. The van der Waals surface area contributed by atoms with Crippen molar-refractivity contribution in [3.8, 4) is 0 Å². The summed E-state index contributed by atoms with van der Waals surface area (Å²) in [6.45, 7) is 1.85. The van der Waals surface area contributed by atoms with Crippen molar-refractivity contribution >= 4 is 60.4 Å². The molecular formula is C19H38N6O13S6. The zero-order valence-electron chi connectivity index (χ0n) is 24.2. The highest BCUT2D eigenvalue weighted by molar-refractivity contribution is 7.97. The monoisotopic (exact) mass is 750 g/mol. The van der Waals surface area contributed by atoms with E-state index in [1.165, 1.54) is 33.2 Å². The van der Waals surface area contributed by atoms with Crippen LogP contribution < -0.4 is 23.7 Å². The number of sulfonamides is 5. The Labute approximate surface area is 260 Å². The first-order valence-electron chi connectivity index (χ1n) is 12.7. The summed E-state index contributed by atoms with van der Waals surface area (Å²) in [4.78, 5) is 1.56. The predicted molar refractivity (Wildman–Crippen MR) is 161 cm³/mol. The van der Waals surface area contributed by atoms with E-state index in [4.69, 9.17) is 4.18 Å². The van der Waals surface area contributed by atoms with E-state index in [2.05, 4.69) is 0 Å². The molecule has 0 saturated carbocycles. The van der Waals surface area contributed by atoms with Gasteiger partial charge < -0.3 is 0 Å². The van der Waals surface area contributed by atoms with E-state index in [1.54, 1.807) is 34.7 Å². The minimum atomic E-state index is -6.01. The van der Waals surface area contributed by atoms with Crippen LogP contribution >= 0.6 is 0 Å². The quantitative estimate of drug-likeness (QED) is 0.0616. The summed E-state index contributed by atoms with van der Waals surface area (Å²) in [6, 6.07) is 7.79. The molecule has 5 N–H and O–H groups in total. The Morgan fingerprint density at radius 2 is 1.30 bits per heavy atom. The van der Waals surface area contributed by atoms with Gasteiger partial charge in [0.15, 0.2) is 0 Å². The van der Waals surface area contributed by atoms with Gasteiger partial charge in [0.1, 0.15) is 0 Å². The molecule has 258 valence electrons. The third kappa shape index (κ3) is 13.6. The Balaban J connectivity index is 3.83. The van der Waals surface area contributed by atoms with Crippen LogP contribution in [0.2, 0.25) is 0 Å². The smallest absolute Gasteiger partial charge is 0.253 e. The van der Waals surface area contributed by atoms with E-state index in [0.717, 1.165) is 6.92 Å². The fourth-order valence-electron chi connectivity index (χ4n) is 3.08. The zero-order valence-corrected chi connectivity index (χ0v) is 29.1. The largest absolute Gasteiger partial charge is 0.337 e. The summed E-state index contributed by atoms with van der Waals surface area (Å²) in [5, 5.41) is -3.94. The van der Waals surface area contributed by atoms with Crippen molar-refractivity contribution < 1.29 is 54.7 Å². The van der Waals surface area contributed by atoms with Gasteiger partial charge in [-0.1, -0.05) is 50.6 Å². The van der Waals surface area contributed by atoms with Crippen LogP contribution in [-0.4, -0.2) is 90.2 Å². The van der Waals surface area contributed by atoms with Crippen LogP contribution in [0.1, 0.15) is 45.6 Å². The van der Waals surface area contributed by atoms with Gasteiger partial charge in [-0.2, -0.15) is 27.3 Å². The summed E-state index contributed by atoms with van der Waals surface area (Å²) in [5.74, 6) is -2.47. The number of hydrazine groups is 1. The second-order valence-corrected chi connectivity index (χ2v) is 20.0. The van der Waals surface area contributed by atoms with Gasteiger partial charge in [0.25, 0.3) is 15.1 Å². The number of nitrogens with one attached hydrogen (secondary N) is 5. The zero-order chi connectivity index (χ0) is 34.1. The minimum Gasteiger partial charge on any atom is -0.253 e. The lowest BCUT2D eigenvalue weighted by molar-refractivity contribution is 0.286. The van der Waals surface area contributed by atoms with E-state index >= 15 is 0 Å². The van der Waals surface area contributed by atoms with Gasteiger partial charge in [-0.05, 0) is 25.3 Å². The van der Waals surface area contributed by atoms with E-state index in [1.807, 2.05) is 0 Å². The second kappa shape index (κ2) is 16.0. The standard InChI is InChI=1S/C19H38N6O13S6/c1-5-8-15-42(32,33)24-25(17-20-44(36,37)38-16-18-12-10-9-11-13-18)43(34,35)19(21-39(4,26)27,22-40(28,29)7-3)23-41(30,31)14-6-2/h9-13,20-24H,5-8,14-17H2,1-4H3. The molecule has 19 nitrogen and oxygen atoms in total. The fraction of sp³-hybridized carbons (Fsp3) is 0.684. The lowest BCUT2D eigenvalue weighted by atomic mass is 10.2. The summed E-state index contributed by atoms with van der Waals surface area (Å²) >= 11 is 0. The third-order valence-corrected chi connectivity index (χ3v) is 13.3. The molecule has 44 heavy (non-hydrogen) atoms.